The lowest BCUT2D eigenvalue weighted by molar-refractivity contribution is 0.0989. The maximum absolute atomic E-state index is 13.3. The molecule has 1 amide bonds. The number of carbonyl (C=O) groups is 1. The maximum atomic E-state index is 13.3. The van der Waals surface area contributed by atoms with Gasteiger partial charge >= 0.3 is 0 Å². The topological polar surface area (TPSA) is 113 Å². The van der Waals surface area contributed by atoms with E-state index in [9.17, 15) is 4.79 Å². The highest BCUT2D eigenvalue weighted by molar-refractivity contribution is 7.18. The Morgan fingerprint density at radius 1 is 1.05 bits per heavy atom. The van der Waals surface area contributed by atoms with Gasteiger partial charge in [-0.25, -0.2) is 14.5 Å². The minimum Gasteiger partial charge on any atom is -0.496 e. The Morgan fingerprint density at radius 2 is 1.95 bits per heavy atom. The van der Waals surface area contributed by atoms with Crippen LogP contribution in [0.3, 0.4) is 0 Å². The normalized spacial score (nSPS) is 12.6. The third-order valence-corrected chi connectivity index (χ3v) is 8.02. The second-order valence-electron chi connectivity index (χ2n) is 9.62. The van der Waals surface area contributed by atoms with Crippen LogP contribution >= 0.6 is 11.3 Å². The fraction of sp³-hybridized carbons (Fsp3) is 0.200. The van der Waals surface area contributed by atoms with E-state index in [1.165, 1.54) is 11.3 Å². The third kappa shape index (κ3) is 4.55. The molecule has 11 nitrogen and oxygen atoms in total. The van der Waals surface area contributed by atoms with Crippen molar-refractivity contribution in [2.45, 2.75) is 13.0 Å². The number of imidazole rings is 1. The predicted molar refractivity (Wildman–Crippen MR) is 156 cm³/mol. The summed E-state index contributed by atoms with van der Waals surface area (Å²) in [6.45, 7) is 0.888. The highest BCUT2D eigenvalue weighted by Gasteiger charge is 2.26. The molecule has 7 rings (SSSR count). The van der Waals surface area contributed by atoms with Crippen molar-refractivity contribution in [2.75, 3.05) is 32.8 Å². The van der Waals surface area contributed by atoms with Crippen molar-refractivity contribution in [1.29, 1.82) is 0 Å². The SMILES string of the molecule is COc1cc(OCc2ccc3c(c2)N(C(=O)c2ccc(OC)nc2)CC3)c2cc(-c3cn4nc(OC)sc4n3)oc2c1. The molecule has 0 unspecified atom stereocenters. The molecule has 2 aromatic carbocycles. The van der Waals surface area contributed by atoms with Crippen molar-refractivity contribution in [2.24, 2.45) is 0 Å². The number of amides is 1. The molecule has 12 heteroatoms. The van der Waals surface area contributed by atoms with E-state index in [2.05, 4.69) is 21.1 Å². The maximum Gasteiger partial charge on any atom is 0.294 e. The molecule has 6 aromatic rings. The first kappa shape index (κ1) is 25.8. The molecule has 0 saturated carbocycles. The van der Waals surface area contributed by atoms with Gasteiger partial charge in [0.15, 0.2) is 5.76 Å². The van der Waals surface area contributed by atoms with Crippen molar-refractivity contribution in [1.82, 2.24) is 19.6 Å². The number of rotatable bonds is 8. The zero-order valence-electron chi connectivity index (χ0n) is 23.0. The molecule has 0 bridgehead atoms. The number of hydrogen-bond acceptors (Lipinski definition) is 10. The summed E-state index contributed by atoms with van der Waals surface area (Å²) in [6, 6.07) is 15.1. The molecular weight excluding hydrogens is 558 g/mol. The van der Waals surface area contributed by atoms with Crippen molar-refractivity contribution < 1.29 is 28.2 Å². The Balaban J connectivity index is 1.14. The summed E-state index contributed by atoms with van der Waals surface area (Å²) in [5.74, 6) is 2.16. The van der Waals surface area contributed by atoms with Gasteiger partial charge in [0, 0.05) is 36.6 Å². The standard InChI is InChI=1S/C30H25N5O6S/c1-37-20-11-24(21-13-26(41-25(21)12-20)22-15-35-29(32-22)42-30(33-35)39-3)40-16-17-4-5-18-8-9-34(23(18)10-17)28(36)19-6-7-27(38-2)31-14-19/h4-7,10-15H,8-9,16H2,1-3H3. The number of pyridine rings is 1. The summed E-state index contributed by atoms with van der Waals surface area (Å²) in [5, 5.41) is 5.66. The summed E-state index contributed by atoms with van der Waals surface area (Å²) < 4.78 is 30.0. The van der Waals surface area contributed by atoms with Crippen LogP contribution in [0.2, 0.25) is 0 Å². The first-order chi connectivity index (χ1) is 20.5. The van der Waals surface area contributed by atoms with Gasteiger partial charge in [0.25, 0.3) is 11.1 Å². The highest BCUT2D eigenvalue weighted by atomic mass is 32.1. The second kappa shape index (κ2) is 10.4. The lowest BCUT2D eigenvalue weighted by atomic mass is 10.1. The van der Waals surface area contributed by atoms with Crippen LogP contribution in [0.1, 0.15) is 21.5 Å². The quantitative estimate of drug-likeness (QED) is 0.232. The monoisotopic (exact) mass is 583 g/mol. The Hall–Kier alpha value is -5.10. The van der Waals surface area contributed by atoms with E-state index in [-0.39, 0.29) is 12.5 Å². The molecule has 0 N–H and O–H groups in total. The van der Waals surface area contributed by atoms with Gasteiger partial charge in [0.2, 0.25) is 10.8 Å². The molecule has 0 atom stereocenters. The lowest BCUT2D eigenvalue weighted by Gasteiger charge is -2.18. The van der Waals surface area contributed by atoms with E-state index in [0.29, 0.717) is 56.7 Å². The minimum atomic E-state index is -0.102. The number of methoxy groups -OCH3 is 3. The molecule has 42 heavy (non-hydrogen) atoms. The van der Waals surface area contributed by atoms with E-state index < -0.39 is 0 Å². The first-order valence-electron chi connectivity index (χ1n) is 13.1. The van der Waals surface area contributed by atoms with E-state index >= 15 is 0 Å². The smallest absolute Gasteiger partial charge is 0.294 e. The molecule has 4 aromatic heterocycles. The van der Waals surface area contributed by atoms with Gasteiger partial charge in [-0.1, -0.05) is 12.1 Å². The molecule has 1 aliphatic heterocycles. The van der Waals surface area contributed by atoms with Crippen LogP contribution in [0.25, 0.3) is 27.4 Å². The number of aromatic nitrogens is 4. The van der Waals surface area contributed by atoms with Crippen LogP contribution in [-0.2, 0) is 13.0 Å². The van der Waals surface area contributed by atoms with Gasteiger partial charge in [-0.3, -0.25) is 4.79 Å². The zero-order chi connectivity index (χ0) is 28.8. The number of ether oxygens (including phenoxy) is 4. The molecular formula is C30H25N5O6S. The zero-order valence-corrected chi connectivity index (χ0v) is 23.8. The van der Waals surface area contributed by atoms with Gasteiger partial charge in [0.05, 0.1) is 38.5 Å². The average Bonchev–Trinajstić information content (AvgIpc) is 3.81. The van der Waals surface area contributed by atoms with E-state index in [1.54, 1.807) is 55.3 Å². The van der Waals surface area contributed by atoms with Gasteiger partial charge in [0.1, 0.15) is 29.4 Å². The number of carbonyl (C=O) groups excluding carboxylic acids is 1. The summed E-state index contributed by atoms with van der Waals surface area (Å²) in [4.78, 5) is 24.6. The molecule has 0 radical (unpaired) electrons. The van der Waals surface area contributed by atoms with E-state index in [0.717, 1.165) is 28.6 Å². The largest absolute Gasteiger partial charge is 0.496 e. The predicted octanol–water partition coefficient (Wildman–Crippen LogP) is 5.41. The average molecular weight is 584 g/mol. The minimum absolute atomic E-state index is 0.102. The lowest BCUT2D eigenvalue weighted by Crippen LogP contribution is -2.29. The van der Waals surface area contributed by atoms with Crippen LogP contribution in [-0.4, -0.2) is 53.4 Å². The number of anilines is 1. The summed E-state index contributed by atoms with van der Waals surface area (Å²) in [5.41, 5.74) is 4.68. The molecule has 0 aliphatic carbocycles. The summed E-state index contributed by atoms with van der Waals surface area (Å²) >= 11 is 1.34. The molecule has 212 valence electrons. The molecule has 0 saturated heterocycles. The summed E-state index contributed by atoms with van der Waals surface area (Å²) in [6.07, 6.45) is 4.12. The Labute approximate surface area is 243 Å². The fourth-order valence-electron chi connectivity index (χ4n) is 5.00. The number of fused-ring (bicyclic) bond motifs is 3. The second-order valence-corrected chi connectivity index (χ2v) is 10.5. The van der Waals surface area contributed by atoms with Crippen LogP contribution in [0.4, 0.5) is 5.69 Å². The van der Waals surface area contributed by atoms with Crippen LogP contribution in [0, 0.1) is 0 Å². The van der Waals surface area contributed by atoms with E-state index in [4.69, 9.17) is 23.4 Å². The third-order valence-electron chi connectivity index (χ3n) is 7.14. The Morgan fingerprint density at radius 3 is 2.71 bits per heavy atom. The van der Waals surface area contributed by atoms with Gasteiger partial charge in [-0.15, -0.1) is 5.10 Å². The van der Waals surface area contributed by atoms with E-state index in [1.807, 2.05) is 30.3 Å². The van der Waals surface area contributed by atoms with Gasteiger partial charge in [-0.05, 0) is 47.1 Å². The number of nitrogens with zero attached hydrogens (tertiary/aromatic N) is 5. The van der Waals surface area contributed by atoms with Crippen molar-refractivity contribution in [3.05, 3.63) is 77.6 Å². The van der Waals surface area contributed by atoms with Crippen LogP contribution in [0.5, 0.6) is 22.6 Å². The molecule has 0 fully saturated rings. The molecule has 0 spiro atoms. The molecule has 1 aliphatic rings. The Bertz CT molecular complexity index is 1910. The van der Waals surface area contributed by atoms with Crippen LogP contribution < -0.4 is 23.8 Å². The fourth-order valence-corrected chi connectivity index (χ4v) is 5.70. The van der Waals surface area contributed by atoms with Gasteiger partial charge in [-0.2, -0.15) is 0 Å². The van der Waals surface area contributed by atoms with Crippen LogP contribution in [0.15, 0.2) is 65.3 Å². The van der Waals surface area contributed by atoms with Crippen molar-refractivity contribution in [3.8, 4) is 34.0 Å². The van der Waals surface area contributed by atoms with Crippen molar-refractivity contribution in [3.63, 3.8) is 0 Å². The summed E-state index contributed by atoms with van der Waals surface area (Å²) in [7, 11) is 4.72. The van der Waals surface area contributed by atoms with Crippen molar-refractivity contribution >= 4 is 38.9 Å². The Kier molecular flexibility index (Phi) is 6.39. The first-order valence-corrected chi connectivity index (χ1v) is 13.9. The number of hydrogen-bond donors (Lipinski definition) is 0. The number of furan rings is 1. The van der Waals surface area contributed by atoms with Gasteiger partial charge < -0.3 is 28.3 Å². The highest BCUT2D eigenvalue weighted by Crippen LogP contribution is 2.38. The number of benzene rings is 2. The molecule has 5 heterocycles.